The number of aliphatic hydroxyl groups is 1. The molecule has 0 spiro atoms. The molecule has 1 fully saturated rings. The maximum absolute atomic E-state index is 11.3. The molecule has 2 N–H and O–H groups in total. The Balaban J connectivity index is 2.43. The van der Waals surface area contributed by atoms with E-state index in [1.54, 1.807) is 0 Å². The molecule has 1 saturated heterocycles. The number of methoxy groups -OCH3 is 2. The van der Waals surface area contributed by atoms with Gasteiger partial charge < -0.3 is 19.9 Å². The fraction of sp³-hybridized carbons (Fsp3) is 0.818. The van der Waals surface area contributed by atoms with E-state index in [0.717, 1.165) is 6.42 Å². The normalized spacial score (nSPS) is 23.2. The molecule has 0 aromatic carbocycles. The second kappa shape index (κ2) is 6.01. The number of nitrogens with one attached hydrogen (secondary N) is 1. The number of ether oxygens (including phenoxy) is 2. The number of hydrogen-bond acceptors (Lipinski definition) is 6. The minimum atomic E-state index is -1.53. The molecule has 0 saturated carbocycles. The first-order chi connectivity index (χ1) is 8.39. The zero-order chi connectivity index (χ0) is 13.8. The molecule has 18 heavy (non-hydrogen) atoms. The summed E-state index contributed by atoms with van der Waals surface area (Å²) in [4.78, 5) is 24.3. The first kappa shape index (κ1) is 14.7. The number of hydrogen-bond donors (Lipinski definition) is 2. The Hall–Kier alpha value is -1.34. The van der Waals surface area contributed by atoms with Crippen LogP contribution in [0.4, 0.5) is 4.79 Å². The topological polar surface area (TPSA) is 88.1 Å². The number of esters is 1. The Morgan fingerprint density at radius 1 is 1.44 bits per heavy atom. The van der Waals surface area contributed by atoms with Crippen molar-refractivity contribution in [2.75, 3.05) is 33.9 Å². The highest BCUT2D eigenvalue weighted by molar-refractivity contribution is 5.78. The Morgan fingerprint density at radius 3 is 2.67 bits per heavy atom. The highest BCUT2D eigenvalue weighted by atomic mass is 16.5. The number of carbonyl (C=O) groups excluding carboxylic acids is 2. The largest absolute Gasteiger partial charge is 0.467 e. The van der Waals surface area contributed by atoms with Crippen LogP contribution in [0.3, 0.4) is 0 Å². The summed E-state index contributed by atoms with van der Waals surface area (Å²) in [6.45, 7) is 2.86. The van der Waals surface area contributed by atoms with Crippen LogP contribution in [0.2, 0.25) is 0 Å². The summed E-state index contributed by atoms with van der Waals surface area (Å²) in [5.41, 5.74) is -1.53. The maximum Gasteiger partial charge on any atom is 0.407 e. The predicted octanol–water partition coefficient (Wildman–Crippen LogP) is -0.659. The average Bonchev–Trinajstić information content (AvgIpc) is 2.74. The SMILES string of the molecule is COC(=O)NC1CCN(CC(C)(O)C(=O)OC)C1. The maximum atomic E-state index is 11.3. The van der Waals surface area contributed by atoms with Crippen molar-refractivity contribution >= 4 is 12.1 Å². The highest BCUT2D eigenvalue weighted by Gasteiger charge is 2.36. The van der Waals surface area contributed by atoms with Gasteiger partial charge in [-0.2, -0.15) is 0 Å². The second-order valence-electron chi connectivity index (χ2n) is 4.62. The van der Waals surface area contributed by atoms with Crippen LogP contribution in [0.5, 0.6) is 0 Å². The molecule has 7 nitrogen and oxygen atoms in total. The predicted molar refractivity (Wildman–Crippen MR) is 63.0 cm³/mol. The zero-order valence-corrected chi connectivity index (χ0v) is 10.9. The third kappa shape index (κ3) is 3.85. The molecule has 1 aliphatic heterocycles. The summed E-state index contributed by atoms with van der Waals surface area (Å²) in [6.07, 6.45) is 0.286. The summed E-state index contributed by atoms with van der Waals surface area (Å²) in [7, 11) is 2.55. The van der Waals surface area contributed by atoms with Crippen molar-refractivity contribution < 1.29 is 24.2 Å². The molecular weight excluding hydrogens is 240 g/mol. The number of amides is 1. The monoisotopic (exact) mass is 260 g/mol. The van der Waals surface area contributed by atoms with Gasteiger partial charge in [0.2, 0.25) is 0 Å². The number of nitrogens with zero attached hydrogens (tertiary/aromatic N) is 1. The van der Waals surface area contributed by atoms with Crippen LogP contribution in [0.1, 0.15) is 13.3 Å². The van der Waals surface area contributed by atoms with E-state index in [-0.39, 0.29) is 12.6 Å². The van der Waals surface area contributed by atoms with E-state index in [9.17, 15) is 14.7 Å². The van der Waals surface area contributed by atoms with Crippen molar-refractivity contribution in [2.45, 2.75) is 25.0 Å². The van der Waals surface area contributed by atoms with Crippen LogP contribution < -0.4 is 5.32 Å². The molecule has 0 radical (unpaired) electrons. The number of rotatable bonds is 4. The Morgan fingerprint density at radius 2 is 2.11 bits per heavy atom. The van der Waals surface area contributed by atoms with Crippen LogP contribution in [-0.4, -0.2) is 67.6 Å². The van der Waals surface area contributed by atoms with Crippen LogP contribution in [0.15, 0.2) is 0 Å². The lowest BCUT2D eigenvalue weighted by Crippen LogP contribution is -2.47. The van der Waals surface area contributed by atoms with E-state index in [2.05, 4.69) is 14.8 Å². The number of likely N-dealkylation sites (tertiary alicyclic amines) is 1. The van der Waals surface area contributed by atoms with Crippen molar-refractivity contribution in [1.82, 2.24) is 10.2 Å². The molecule has 2 unspecified atom stereocenters. The van der Waals surface area contributed by atoms with Gasteiger partial charge in [0.1, 0.15) is 0 Å². The van der Waals surface area contributed by atoms with Gasteiger partial charge in [0.15, 0.2) is 5.60 Å². The third-order valence-electron chi connectivity index (χ3n) is 2.94. The zero-order valence-electron chi connectivity index (χ0n) is 10.9. The molecule has 0 aromatic heterocycles. The first-order valence-corrected chi connectivity index (χ1v) is 5.76. The van der Waals surface area contributed by atoms with E-state index in [4.69, 9.17) is 0 Å². The summed E-state index contributed by atoms with van der Waals surface area (Å²) in [5, 5.41) is 12.6. The Bertz CT molecular complexity index is 319. The van der Waals surface area contributed by atoms with Gasteiger partial charge in [-0.15, -0.1) is 0 Å². The summed E-state index contributed by atoms with van der Waals surface area (Å²) >= 11 is 0. The molecule has 7 heteroatoms. The molecular formula is C11H20N2O5. The quantitative estimate of drug-likeness (QED) is 0.652. The molecule has 1 rings (SSSR count). The van der Waals surface area contributed by atoms with Gasteiger partial charge in [0.25, 0.3) is 0 Å². The van der Waals surface area contributed by atoms with E-state index in [1.807, 2.05) is 4.90 Å². The van der Waals surface area contributed by atoms with Crippen molar-refractivity contribution in [3.05, 3.63) is 0 Å². The van der Waals surface area contributed by atoms with Crippen LogP contribution in [0.25, 0.3) is 0 Å². The van der Waals surface area contributed by atoms with Gasteiger partial charge in [-0.05, 0) is 13.3 Å². The molecule has 1 amide bonds. The fourth-order valence-corrected chi connectivity index (χ4v) is 2.04. The van der Waals surface area contributed by atoms with E-state index in [0.29, 0.717) is 13.1 Å². The van der Waals surface area contributed by atoms with Crippen LogP contribution in [-0.2, 0) is 14.3 Å². The Labute approximate surface area is 106 Å². The lowest BCUT2D eigenvalue weighted by molar-refractivity contribution is -0.162. The summed E-state index contributed by atoms with van der Waals surface area (Å²) in [5.74, 6) is -0.660. The van der Waals surface area contributed by atoms with Gasteiger partial charge in [0.05, 0.1) is 14.2 Å². The van der Waals surface area contributed by atoms with E-state index < -0.39 is 17.7 Å². The molecule has 104 valence electrons. The molecule has 1 aliphatic rings. The van der Waals surface area contributed by atoms with Crippen molar-refractivity contribution in [3.8, 4) is 0 Å². The molecule has 0 aromatic rings. The summed E-state index contributed by atoms with van der Waals surface area (Å²) < 4.78 is 9.04. The second-order valence-corrected chi connectivity index (χ2v) is 4.62. The standard InChI is InChI=1S/C11H20N2O5/c1-11(16,9(14)17-2)7-13-5-4-8(6-13)12-10(15)18-3/h8,16H,4-7H2,1-3H3,(H,12,15). The number of β-amino-alcohol motifs (C(OH)–C–C–N with tert-alkyl or cyclic N) is 1. The van der Waals surface area contributed by atoms with Crippen molar-refractivity contribution in [1.29, 1.82) is 0 Å². The fourth-order valence-electron chi connectivity index (χ4n) is 2.04. The first-order valence-electron chi connectivity index (χ1n) is 5.76. The lowest BCUT2D eigenvalue weighted by atomic mass is 10.1. The van der Waals surface area contributed by atoms with Gasteiger partial charge in [-0.3, -0.25) is 4.90 Å². The lowest BCUT2D eigenvalue weighted by Gasteiger charge is -2.26. The minimum absolute atomic E-state index is 0.0223. The minimum Gasteiger partial charge on any atom is -0.467 e. The molecule has 1 heterocycles. The number of carbonyl (C=O) groups is 2. The smallest absolute Gasteiger partial charge is 0.407 e. The van der Waals surface area contributed by atoms with Gasteiger partial charge >= 0.3 is 12.1 Å². The third-order valence-corrected chi connectivity index (χ3v) is 2.94. The summed E-state index contributed by atoms with van der Waals surface area (Å²) in [6, 6.07) is -0.0223. The molecule has 0 bridgehead atoms. The molecule has 2 atom stereocenters. The highest BCUT2D eigenvalue weighted by Crippen LogP contribution is 2.15. The van der Waals surface area contributed by atoms with E-state index >= 15 is 0 Å². The molecule has 0 aliphatic carbocycles. The van der Waals surface area contributed by atoms with Crippen LogP contribution >= 0.6 is 0 Å². The van der Waals surface area contributed by atoms with Gasteiger partial charge in [0, 0.05) is 25.7 Å². The van der Waals surface area contributed by atoms with Crippen molar-refractivity contribution in [3.63, 3.8) is 0 Å². The van der Waals surface area contributed by atoms with Gasteiger partial charge in [-0.1, -0.05) is 0 Å². The Kier molecular flexibility index (Phi) is 4.92. The number of alkyl carbamates (subject to hydrolysis) is 1. The average molecular weight is 260 g/mol. The van der Waals surface area contributed by atoms with E-state index in [1.165, 1.54) is 21.1 Å². The van der Waals surface area contributed by atoms with Crippen LogP contribution in [0, 0.1) is 0 Å². The van der Waals surface area contributed by atoms with Gasteiger partial charge in [-0.25, -0.2) is 9.59 Å². The van der Waals surface area contributed by atoms with Crippen molar-refractivity contribution in [2.24, 2.45) is 0 Å².